The molecule has 1 unspecified atom stereocenters. The molecular formula is C16H16BrNO2. The smallest absolute Gasteiger partial charge is 0.135 e. The first-order valence-corrected chi connectivity index (χ1v) is 7.41. The van der Waals surface area contributed by atoms with E-state index in [0.717, 1.165) is 23.2 Å². The van der Waals surface area contributed by atoms with Gasteiger partial charge in [-0.05, 0) is 45.6 Å². The van der Waals surface area contributed by atoms with Gasteiger partial charge in [-0.1, -0.05) is 30.3 Å². The molecule has 0 radical (unpaired) electrons. The van der Waals surface area contributed by atoms with Crippen LogP contribution in [-0.2, 0) is 11.2 Å². The summed E-state index contributed by atoms with van der Waals surface area (Å²) >= 11 is 3.45. The number of benzene rings is 2. The maximum Gasteiger partial charge on any atom is 0.135 e. The molecule has 20 heavy (non-hydrogen) atoms. The van der Waals surface area contributed by atoms with Crippen LogP contribution in [0, 0.1) is 0 Å². The molecule has 0 saturated heterocycles. The molecule has 2 aromatic carbocycles. The molecule has 1 aliphatic rings. The lowest BCUT2D eigenvalue weighted by atomic mass is 9.98. The maximum atomic E-state index is 5.86. The van der Waals surface area contributed by atoms with E-state index < -0.39 is 0 Å². The standard InChI is InChI=1S/C16H16BrNO2/c17-16-13(18)6-3-7-14(16)20-10-15-12-5-2-1-4-11(12)8-9-19-15/h1-7,15H,8-10,18H2. The highest BCUT2D eigenvalue weighted by Crippen LogP contribution is 2.32. The fraction of sp³-hybridized carbons (Fsp3) is 0.250. The number of fused-ring (bicyclic) bond motifs is 1. The van der Waals surface area contributed by atoms with Crippen molar-refractivity contribution in [2.24, 2.45) is 0 Å². The molecule has 0 aromatic heterocycles. The molecule has 1 heterocycles. The lowest BCUT2D eigenvalue weighted by molar-refractivity contribution is 0.0100. The Hall–Kier alpha value is -1.52. The Morgan fingerprint density at radius 3 is 2.95 bits per heavy atom. The van der Waals surface area contributed by atoms with Gasteiger partial charge in [-0.25, -0.2) is 0 Å². The van der Waals surface area contributed by atoms with Crippen molar-refractivity contribution in [2.75, 3.05) is 18.9 Å². The molecule has 0 bridgehead atoms. The SMILES string of the molecule is Nc1cccc(OCC2OCCc3ccccc32)c1Br. The summed E-state index contributed by atoms with van der Waals surface area (Å²) < 4.78 is 12.5. The van der Waals surface area contributed by atoms with Gasteiger partial charge in [0.2, 0.25) is 0 Å². The van der Waals surface area contributed by atoms with Gasteiger partial charge < -0.3 is 15.2 Å². The van der Waals surface area contributed by atoms with E-state index in [1.807, 2.05) is 24.3 Å². The van der Waals surface area contributed by atoms with E-state index in [1.165, 1.54) is 11.1 Å². The van der Waals surface area contributed by atoms with Crippen molar-refractivity contribution < 1.29 is 9.47 Å². The van der Waals surface area contributed by atoms with Crippen molar-refractivity contribution in [3.05, 3.63) is 58.1 Å². The van der Waals surface area contributed by atoms with Crippen LogP contribution >= 0.6 is 15.9 Å². The predicted molar refractivity (Wildman–Crippen MR) is 82.9 cm³/mol. The average molecular weight is 334 g/mol. The molecule has 3 rings (SSSR count). The Balaban J connectivity index is 1.75. The predicted octanol–water partition coefficient (Wildman–Crippen LogP) is 3.72. The second kappa shape index (κ2) is 5.85. The van der Waals surface area contributed by atoms with E-state index in [1.54, 1.807) is 0 Å². The summed E-state index contributed by atoms with van der Waals surface area (Å²) in [6.45, 7) is 1.22. The highest BCUT2D eigenvalue weighted by atomic mass is 79.9. The lowest BCUT2D eigenvalue weighted by Gasteiger charge is -2.26. The topological polar surface area (TPSA) is 44.5 Å². The normalized spacial score (nSPS) is 17.6. The quantitative estimate of drug-likeness (QED) is 0.870. The Bertz CT molecular complexity index is 615. The van der Waals surface area contributed by atoms with Crippen molar-refractivity contribution in [2.45, 2.75) is 12.5 Å². The number of ether oxygens (including phenoxy) is 2. The van der Waals surface area contributed by atoms with Crippen LogP contribution in [0.2, 0.25) is 0 Å². The Kier molecular flexibility index (Phi) is 3.94. The zero-order chi connectivity index (χ0) is 13.9. The number of halogens is 1. The summed E-state index contributed by atoms with van der Waals surface area (Å²) in [5.41, 5.74) is 9.09. The Morgan fingerprint density at radius 1 is 1.20 bits per heavy atom. The van der Waals surface area contributed by atoms with Crippen molar-refractivity contribution in [3.8, 4) is 5.75 Å². The average Bonchev–Trinajstić information content (AvgIpc) is 2.49. The number of nitrogens with two attached hydrogens (primary N) is 1. The molecule has 4 heteroatoms. The third kappa shape index (κ3) is 2.67. The van der Waals surface area contributed by atoms with Crippen molar-refractivity contribution >= 4 is 21.6 Å². The van der Waals surface area contributed by atoms with Crippen molar-refractivity contribution in [1.82, 2.24) is 0 Å². The zero-order valence-electron chi connectivity index (χ0n) is 11.0. The first kappa shape index (κ1) is 13.5. The number of hydrogen-bond donors (Lipinski definition) is 1. The molecule has 104 valence electrons. The minimum atomic E-state index is -0.0201. The van der Waals surface area contributed by atoms with Crippen molar-refractivity contribution in [1.29, 1.82) is 0 Å². The maximum absolute atomic E-state index is 5.86. The summed E-state index contributed by atoms with van der Waals surface area (Å²) in [4.78, 5) is 0. The molecule has 0 fully saturated rings. The fourth-order valence-corrected chi connectivity index (χ4v) is 2.80. The van der Waals surface area contributed by atoms with E-state index in [-0.39, 0.29) is 6.10 Å². The molecule has 3 nitrogen and oxygen atoms in total. The lowest BCUT2D eigenvalue weighted by Crippen LogP contribution is -2.21. The van der Waals surface area contributed by atoms with Crippen molar-refractivity contribution in [3.63, 3.8) is 0 Å². The van der Waals surface area contributed by atoms with Crippen LogP contribution in [-0.4, -0.2) is 13.2 Å². The number of nitrogen functional groups attached to an aromatic ring is 1. The van der Waals surface area contributed by atoms with E-state index in [2.05, 4.69) is 34.1 Å². The summed E-state index contributed by atoms with van der Waals surface area (Å²) in [6.07, 6.45) is 0.947. The first-order chi connectivity index (χ1) is 9.75. The summed E-state index contributed by atoms with van der Waals surface area (Å²) in [6, 6.07) is 14.0. The van der Waals surface area contributed by atoms with Crippen LogP contribution in [0.25, 0.3) is 0 Å². The van der Waals surface area contributed by atoms with Gasteiger partial charge in [-0.2, -0.15) is 0 Å². The summed E-state index contributed by atoms with van der Waals surface area (Å²) in [5, 5.41) is 0. The highest BCUT2D eigenvalue weighted by Gasteiger charge is 2.21. The van der Waals surface area contributed by atoms with Gasteiger partial charge in [0.15, 0.2) is 0 Å². The van der Waals surface area contributed by atoms with E-state index in [4.69, 9.17) is 15.2 Å². The third-order valence-electron chi connectivity index (χ3n) is 3.48. The number of anilines is 1. The minimum Gasteiger partial charge on any atom is -0.489 e. The summed E-state index contributed by atoms with van der Waals surface area (Å²) in [5.74, 6) is 0.747. The Labute approximate surface area is 126 Å². The largest absolute Gasteiger partial charge is 0.489 e. The van der Waals surface area contributed by atoms with Gasteiger partial charge in [-0.3, -0.25) is 0 Å². The molecule has 0 aliphatic carbocycles. The Morgan fingerprint density at radius 2 is 2.05 bits per heavy atom. The van der Waals surface area contributed by atoms with Gasteiger partial charge >= 0.3 is 0 Å². The summed E-state index contributed by atoms with van der Waals surface area (Å²) in [7, 11) is 0. The minimum absolute atomic E-state index is 0.0201. The fourth-order valence-electron chi connectivity index (χ4n) is 2.42. The van der Waals surface area contributed by atoms with Crippen LogP contribution in [0.1, 0.15) is 17.2 Å². The van der Waals surface area contributed by atoms with Crippen LogP contribution in [0.15, 0.2) is 46.9 Å². The second-order valence-corrected chi connectivity index (χ2v) is 5.57. The van der Waals surface area contributed by atoms with Gasteiger partial charge in [-0.15, -0.1) is 0 Å². The monoisotopic (exact) mass is 333 g/mol. The van der Waals surface area contributed by atoms with Gasteiger partial charge in [0.1, 0.15) is 18.5 Å². The van der Waals surface area contributed by atoms with E-state index >= 15 is 0 Å². The number of rotatable bonds is 3. The zero-order valence-corrected chi connectivity index (χ0v) is 12.6. The highest BCUT2D eigenvalue weighted by molar-refractivity contribution is 9.10. The third-order valence-corrected chi connectivity index (χ3v) is 4.32. The molecule has 0 amide bonds. The number of hydrogen-bond acceptors (Lipinski definition) is 3. The van der Waals surface area contributed by atoms with Gasteiger partial charge in [0.05, 0.1) is 11.1 Å². The molecule has 0 spiro atoms. The van der Waals surface area contributed by atoms with Crippen LogP contribution < -0.4 is 10.5 Å². The molecule has 1 atom stereocenters. The van der Waals surface area contributed by atoms with Crippen LogP contribution in [0.4, 0.5) is 5.69 Å². The molecule has 1 aliphatic heterocycles. The van der Waals surface area contributed by atoms with E-state index in [0.29, 0.717) is 12.3 Å². The first-order valence-electron chi connectivity index (χ1n) is 6.62. The van der Waals surface area contributed by atoms with Crippen LogP contribution in [0.3, 0.4) is 0 Å². The van der Waals surface area contributed by atoms with Crippen LogP contribution in [0.5, 0.6) is 5.75 Å². The van der Waals surface area contributed by atoms with Gasteiger partial charge in [0.25, 0.3) is 0 Å². The molecular weight excluding hydrogens is 318 g/mol. The molecule has 2 N–H and O–H groups in total. The molecule has 0 saturated carbocycles. The van der Waals surface area contributed by atoms with Gasteiger partial charge in [0, 0.05) is 5.69 Å². The van der Waals surface area contributed by atoms with E-state index in [9.17, 15) is 0 Å². The molecule has 2 aromatic rings. The second-order valence-electron chi connectivity index (χ2n) is 4.78.